The molecular formula is C13H16BrN3S. The third-order valence-electron chi connectivity index (χ3n) is 3.41. The number of halogens is 1. The predicted molar refractivity (Wildman–Crippen MR) is 79.2 cm³/mol. The first-order valence-corrected chi connectivity index (χ1v) is 8.00. The maximum absolute atomic E-state index is 4.43. The summed E-state index contributed by atoms with van der Waals surface area (Å²) < 4.78 is 3.38. The Balaban J connectivity index is 1.72. The second-order valence-electron chi connectivity index (χ2n) is 4.70. The van der Waals surface area contributed by atoms with Crippen molar-refractivity contribution < 1.29 is 0 Å². The van der Waals surface area contributed by atoms with E-state index in [1.807, 2.05) is 12.4 Å². The van der Waals surface area contributed by atoms with Gasteiger partial charge in [-0.2, -0.15) is 0 Å². The molecule has 0 aliphatic heterocycles. The summed E-state index contributed by atoms with van der Waals surface area (Å²) in [5, 5.41) is 5.67. The van der Waals surface area contributed by atoms with Crippen LogP contribution in [0, 0.1) is 0 Å². The van der Waals surface area contributed by atoms with E-state index in [-0.39, 0.29) is 0 Å². The van der Waals surface area contributed by atoms with Crippen molar-refractivity contribution in [2.45, 2.75) is 38.3 Å². The molecule has 0 atom stereocenters. The van der Waals surface area contributed by atoms with E-state index in [4.69, 9.17) is 0 Å². The van der Waals surface area contributed by atoms with Gasteiger partial charge in [0, 0.05) is 27.8 Å². The molecule has 5 heteroatoms. The summed E-state index contributed by atoms with van der Waals surface area (Å²) in [6.07, 6.45) is 9.15. The lowest BCUT2D eigenvalue weighted by Gasteiger charge is -2.14. The molecule has 0 amide bonds. The lowest BCUT2D eigenvalue weighted by Crippen LogP contribution is -2.18. The number of anilines is 1. The molecule has 0 saturated heterocycles. The number of imidazole rings is 1. The van der Waals surface area contributed by atoms with E-state index >= 15 is 0 Å². The monoisotopic (exact) mass is 325 g/mol. The van der Waals surface area contributed by atoms with Gasteiger partial charge in [-0.05, 0) is 40.2 Å². The topological polar surface area (TPSA) is 29.9 Å². The van der Waals surface area contributed by atoms with Gasteiger partial charge in [0.2, 0.25) is 5.95 Å². The van der Waals surface area contributed by atoms with Gasteiger partial charge in [-0.1, -0.05) is 12.8 Å². The summed E-state index contributed by atoms with van der Waals surface area (Å²) in [4.78, 5) is 5.77. The third-order valence-corrected chi connectivity index (χ3v) is 5.32. The molecule has 0 aromatic carbocycles. The van der Waals surface area contributed by atoms with Crippen LogP contribution in [-0.4, -0.2) is 15.6 Å². The molecule has 3 nitrogen and oxygen atoms in total. The minimum Gasteiger partial charge on any atom is -0.353 e. The van der Waals surface area contributed by atoms with Crippen LogP contribution in [0.1, 0.15) is 30.6 Å². The smallest absolute Gasteiger partial charge is 0.203 e. The fraction of sp³-hybridized carbons (Fsp3) is 0.462. The first-order chi connectivity index (χ1) is 8.83. The molecule has 1 N–H and O–H groups in total. The lowest BCUT2D eigenvalue weighted by molar-refractivity contribution is 0.718. The van der Waals surface area contributed by atoms with E-state index in [0.29, 0.717) is 6.04 Å². The van der Waals surface area contributed by atoms with Crippen LogP contribution in [-0.2, 0) is 6.54 Å². The summed E-state index contributed by atoms with van der Waals surface area (Å²) in [6, 6.07) is 2.71. The molecule has 2 heterocycles. The number of aromatic nitrogens is 2. The van der Waals surface area contributed by atoms with E-state index in [9.17, 15) is 0 Å². The maximum atomic E-state index is 4.43. The number of hydrogen-bond acceptors (Lipinski definition) is 3. The van der Waals surface area contributed by atoms with Crippen molar-refractivity contribution in [2.75, 3.05) is 5.32 Å². The van der Waals surface area contributed by atoms with Crippen molar-refractivity contribution in [1.82, 2.24) is 9.55 Å². The Hall–Kier alpha value is -0.810. The van der Waals surface area contributed by atoms with Gasteiger partial charge >= 0.3 is 0 Å². The predicted octanol–water partition coefficient (Wildman–Crippen LogP) is 4.11. The number of rotatable bonds is 4. The van der Waals surface area contributed by atoms with Crippen LogP contribution < -0.4 is 5.32 Å². The minimum absolute atomic E-state index is 0.609. The van der Waals surface area contributed by atoms with E-state index in [1.54, 1.807) is 11.3 Å². The van der Waals surface area contributed by atoms with Crippen molar-refractivity contribution in [3.05, 3.63) is 33.2 Å². The second kappa shape index (κ2) is 5.45. The van der Waals surface area contributed by atoms with Crippen molar-refractivity contribution in [3.63, 3.8) is 0 Å². The maximum Gasteiger partial charge on any atom is 0.203 e. The first kappa shape index (κ1) is 12.2. The van der Waals surface area contributed by atoms with Crippen molar-refractivity contribution >= 4 is 33.2 Å². The normalized spacial score (nSPS) is 16.3. The highest BCUT2D eigenvalue weighted by Crippen LogP contribution is 2.26. The average molecular weight is 326 g/mol. The zero-order valence-electron chi connectivity index (χ0n) is 10.1. The second-order valence-corrected chi connectivity index (χ2v) is 6.55. The van der Waals surface area contributed by atoms with Crippen molar-refractivity contribution in [1.29, 1.82) is 0 Å². The fourth-order valence-corrected chi connectivity index (χ4v) is 3.90. The van der Waals surface area contributed by atoms with Crippen molar-refractivity contribution in [3.8, 4) is 0 Å². The molecular weight excluding hydrogens is 310 g/mol. The molecule has 0 radical (unpaired) electrons. The number of hydrogen-bond donors (Lipinski definition) is 1. The molecule has 1 fully saturated rings. The SMILES string of the molecule is Brc1ccsc1Cn1ccnc1NC1CCCC1. The molecule has 2 aromatic rings. The molecule has 3 rings (SSSR count). The lowest BCUT2D eigenvalue weighted by atomic mass is 10.2. The van der Waals surface area contributed by atoms with Gasteiger partial charge in [0.1, 0.15) is 0 Å². The molecule has 1 saturated carbocycles. The highest BCUT2D eigenvalue weighted by molar-refractivity contribution is 9.10. The van der Waals surface area contributed by atoms with Crippen LogP contribution in [0.4, 0.5) is 5.95 Å². The Morgan fingerprint density at radius 2 is 2.28 bits per heavy atom. The summed E-state index contributed by atoms with van der Waals surface area (Å²) in [5.41, 5.74) is 0. The van der Waals surface area contributed by atoms with Gasteiger partial charge in [0.05, 0.1) is 6.54 Å². The van der Waals surface area contributed by atoms with E-state index < -0.39 is 0 Å². The average Bonchev–Trinajstić information content (AvgIpc) is 3.06. The van der Waals surface area contributed by atoms with E-state index in [1.165, 1.54) is 35.0 Å². The zero-order valence-corrected chi connectivity index (χ0v) is 12.5. The molecule has 0 bridgehead atoms. The number of nitrogens with zero attached hydrogens (tertiary/aromatic N) is 2. The zero-order chi connectivity index (χ0) is 12.4. The highest BCUT2D eigenvalue weighted by Gasteiger charge is 2.16. The van der Waals surface area contributed by atoms with Crippen LogP contribution in [0.5, 0.6) is 0 Å². The Morgan fingerprint density at radius 1 is 1.44 bits per heavy atom. The van der Waals surface area contributed by atoms with Crippen LogP contribution in [0.25, 0.3) is 0 Å². The van der Waals surface area contributed by atoms with Gasteiger partial charge in [0.25, 0.3) is 0 Å². The Kier molecular flexibility index (Phi) is 3.70. The largest absolute Gasteiger partial charge is 0.353 e. The number of thiophene rings is 1. The molecule has 2 aromatic heterocycles. The third kappa shape index (κ3) is 2.62. The Bertz CT molecular complexity index is 514. The van der Waals surface area contributed by atoms with Crippen LogP contribution >= 0.6 is 27.3 Å². The van der Waals surface area contributed by atoms with Crippen molar-refractivity contribution in [2.24, 2.45) is 0 Å². The quantitative estimate of drug-likeness (QED) is 0.916. The molecule has 96 valence electrons. The summed E-state index contributed by atoms with van der Waals surface area (Å²) in [6.45, 7) is 0.882. The van der Waals surface area contributed by atoms with Crippen LogP contribution in [0.15, 0.2) is 28.3 Å². The van der Waals surface area contributed by atoms with Crippen LogP contribution in [0.2, 0.25) is 0 Å². The summed E-state index contributed by atoms with van der Waals surface area (Å²) in [7, 11) is 0. The molecule has 0 unspecified atom stereocenters. The summed E-state index contributed by atoms with van der Waals surface area (Å²) in [5.74, 6) is 1.00. The molecule has 1 aliphatic rings. The van der Waals surface area contributed by atoms with Gasteiger partial charge < -0.3 is 9.88 Å². The molecule has 0 spiro atoms. The van der Waals surface area contributed by atoms with E-state index in [2.05, 4.69) is 42.2 Å². The van der Waals surface area contributed by atoms with Gasteiger partial charge in [-0.25, -0.2) is 4.98 Å². The summed E-state index contributed by atoms with van der Waals surface area (Å²) >= 11 is 5.36. The Morgan fingerprint density at radius 3 is 3.00 bits per heavy atom. The Labute approximate surface area is 119 Å². The molecule has 18 heavy (non-hydrogen) atoms. The first-order valence-electron chi connectivity index (χ1n) is 6.32. The van der Waals surface area contributed by atoms with E-state index in [0.717, 1.165) is 12.5 Å². The fourth-order valence-electron chi connectivity index (χ4n) is 2.42. The molecule has 1 aliphatic carbocycles. The van der Waals surface area contributed by atoms with Gasteiger partial charge in [-0.15, -0.1) is 11.3 Å². The highest BCUT2D eigenvalue weighted by atomic mass is 79.9. The van der Waals surface area contributed by atoms with Gasteiger partial charge in [0.15, 0.2) is 0 Å². The van der Waals surface area contributed by atoms with Crippen LogP contribution in [0.3, 0.4) is 0 Å². The number of nitrogens with one attached hydrogen (secondary N) is 1. The minimum atomic E-state index is 0.609. The van der Waals surface area contributed by atoms with Gasteiger partial charge in [-0.3, -0.25) is 0 Å². The standard InChI is InChI=1S/C13H16BrN3S/c14-11-5-8-18-12(11)9-17-7-6-15-13(17)16-10-3-1-2-4-10/h5-8,10H,1-4,9H2,(H,15,16).